The van der Waals surface area contributed by atoms with Crippen LogP contribution in [-0.4, -0.2) is 106 Å². The van der Waals surface area contributed by atoms with Crippen molar-refractivity contribution in [3.63, 3.8) is 0 Å². The number of alkyl carbamates (subject to hydrolysis) is 1. The summed E-state index contributed by atoms with van der Waals surface area (Å²) in [5.74, 6) is -1.31. The molecular weight excluding hydrogens is 524 g/mol. The molecule has 0 unspecified atom stereocenters. The Hall–Kier alpha value is -2.48. The molecule has 3 amide bonds. The molecule has 234 valence electrons. The average molecular weight is 577 g/mol. The van der Waals surface area contributed by atoms with Crippen molar-refractivity contribution in [1.29, 1.82) is 0 Å². The Kier molecular flexibility index (Phi) is 21.8. The molecule has 0 aromatic rings. The van der Waals surface area contributed by atoms with Gasteiger partial charge in [0.25, 0.3) is 0 Å². The van der Waals surface area contributed by atoms with E-state index >= 15 is 0 Å². The van der Waals surface area contributed by atoms with E-state index in [0.717, 1.165) is 0 Å². The Morgan fingerprint density at radius 1 is 0.675 bits per heavy atom. The van der Waals surface area contributed by atoms with E-state index < -0.39 is 23.7 Å². The molecule has 0 spiro atoms. The lowest BCUT2D eigenvalue weighted by atomic mass is 10.0. The summed E-state index contributed by atoms with van der Waals surface area (Å²) in [6.07, 6.45) is 1.71. The third-order valence-corrected chi connectivity index (χ3v) is 5.22. The Balaban J connectivity index is 3.45. The minimum absolute atomic E-state index is 0.0257. The number of nitrogens with one attached hydrogen (secondary N) is 4. The first-order valence-electron chi connectivity index (χ1n) is 14.1. The molecule has 13 heteroatoms. The molecule has 0 bridgehead atoms. The molecule has 0 heterocycles. The van der Waals surface area contributed by atoms with E-state index in [4.69, 9.17) is 24.1 Å². The molecule has 0 aromatic carbocycles. The zero-order chi connectivity index (χ0) is 30.2. The van der Waals surface area contributed by atoms with E-state index in [1.807, 2.05) is 34.6 Å². The highest BCUT2D eigenvalue weighted by molar-refractivity contribution is 5.83. The molecule has 0 fully saturated rings. The van der Waals surface area contributed by atoms with Crippen molar-refractivity contribution in [3.8, 4) is 0 Å². The lowest BCUT2D eigenvalue weighted by molar-refractivity contribution is -0.140. The molecule has 0 saturated heterocycles. The predicted molar refractivity (Wildman–Crippen MR) is 150 cm³/mol. The van der Waals surface area contributed by atoms with Crippen LogP contribution in [-0.2, 0) is 33.3 Å². The van der Waals surface area contributed by atoms with Crippen LogP contribution in [0.15, 0.2) is 0 Å². The molecule has 0 saturated carbocycles. The maximum absolute atomic E-state index is 11.9. The van der Waals surface area contributed by atoms with Gasteiger partial charge >= 0.3 is 12.1 Å². The Morgan fingerprint density at radius 2 is 1.12 bits per heavy atom. The largest absolute Gasteiger partial charge is 0.480 e. The second kappa shape index (κ2) is 23.2. The van der Waals surface area contributed by atoms with Crippen molar-refractivity contribution in [2.24, 2.45) is 5.92 Å². The summed E-state index contributed by atoms with van der Waals surface area (Å²) in [7, 11) is 0. The number of ether oxygens (including phenoxy) is 4. The summed E-state index contributed by atoms with van der Waals surface area (Å²) in [5, 5.41) is 20.2. The van der Waals surface area contributed by atoms with E-state index in [-0.39, 0.29) is 30.6 Å². The molecular formula is C27H52N4O9. The highest BCUT2D eigenvalue weighted by Crippen LogP contribution is 2.06. The summed E-state index contributed by atoms with van der Waals surface area (Å²) in [5.41, 5.74) is -0.509. The number of hydrogen-bond acceptors (Lipinski definition) is 9. The van der Waals surface area contributed by atoms with Crippen LogP contribution in [0.4, 0.5) is 4.79 Å². The van der Waals surface area contributed by atoms with Crippen molar-refractivity contribution < 1.29 is 43.2 Å². The first kappa shape index (κ1) is 37.5. The lowest BCUT2D eigenvalue weighted by Crippen LogP contribution is -2.42. The van der Waals surface area contributed by atoms with Crippen molar-refractivity contribution in [2.45, 2.75) is 78.4 Å². The maximum Gasteiger partial charge on any atom is 0.407 e. The molecule has 5 N–H and O–H groups in total. The summed E-state index contributed by atoms with van der Waals surface area (Å²) >= 11 is 0. The minimum atomic E-state index is -0.886. The molecule has 0 rings (SSSR count). The van der Waals surface area contributed by atoms with Crippen LogP contribution in [0.1, 0.15) is 66.7 Å². The van der Waals surface area contributed by atoms with Gasteiger partial charge in [-0.1, -0.05) is 13.8 Å². The van der Waals surface area contributed by atoms with Gasteiger partial charge in [0, 0.05) is 45.7 Å². The topological polar surface area (TPSA) is 174 Å². The van der Waals surface area contributed by atoms with Crippen LogP contribution in [0.25, 0.3) is 0 Å². The van der Waals surface area contributed by atoms with Gasteiger partial charge in [-0.05, 0) is 52.5 Å². The van der Waals surface area contributed by atoms with Gasteiger partial charge in [0.15, 0.2) is 0 Å². The average Bonchev–Trinajstić information content (AvgIpc) is 2.85. The Morgan fingerprint density at radius 3 is 1.57 bits per heavy atom. The summed E-state index contributed by atoms with van der Waals surface area (Å²) in [6.45, 7) is 13.7. The normalized spacial score (nSPS) is 12.2. The van der Waals surface area contributed by atoms with Crippen molar-refractivity contribution in [3.05, 3.63) is 0 Å². The predicted octanol–water partition coefficient (Wildman–Crippen LogP) is 1.44. The summed E-state index contributed by atoms with van der Waals surface area (Å²) < 4.78 is 21.5. The summed E-state index contributed by atoms with van der Waals surface area (Å²) in [4.78, 5) is 46.3. The number of hydrogen-bond donors (Lipinski definition) is 5. The van der Waals surface area contributed by atoms with Crippen LogP contribution in [0.3, 0.4) is 0 Å². The standard InChI is InChI=1S/C27H52N4O9/c1-21(2)24(25(34)35)30-12-6-11-28-22(32)9-10-23(33)29-13-7-15-37-17-19-39-20-18-38-16-8-14-31-26(36)40-27(3,4)5/h21,24,30H,6-20H2,1-5H3,(H,28,32)(H,29,33)(H,31,36)(H,34,35)/t24-/m0/s1. The number of carbonyl (C=O) groups excluding carboxylic acids is 3. The highest BCUT2D eigenvalue weighted by atomic mass is 16.6. The van der Waals surface area contributed by atoms with Crippen molar-refractivity contribution in [2.75, 3.05) is 65.8 Å². The molecule has 0 aliphatic heterocycles. The van der Waals surface area contributed by atoms with Crippen molar-refractivity contribution in [1.82, 2.24) is 21.3 Å². The maximum atomic E-state index is 11.9. The van der Waals surface area contributed by atoms with Crippen LogP contribution in [0, 0.1) is 5.92 Å². The number of rotatable bonds is 24. The van der Waals surface area contributed by atoms with E-state index in [1.165, 1.54) is 0 Å². The van der Waals surface area contributed by atoms with Gasteiger partial charge in [-0.15, -0.1) is 0 Å². The highest BCUT2D eigenvalue weighted by Gasteiger charge is 2.20. The lowest BCUT2D eigenvalue weighted by Gasteiger charge is -2.19. The first-order valence-corrected chi connectivity index (χ1v) is 14.1. The van der Waals surface area contributed by atoms with E-state index in [2.05, 4.69) is 21.3 Å². The van der Waals surface area contributed by atoms with Gasteiger partial charge in [-0.3, -0.25) is 14.4 Å². The third-order valence-electron chi connectivity index (χ3n) is 5.22. The fraction of sp³-hybridized carbons (Fsp3) is 0.852. The monoisotopic (exact) mass is 576 g/mol. The zero-order valence-electron chi connectivity index (χ0n) is 25.0. The first-order chi connectivity index (χ1) is 18.9. The van der Waals surface area contributed by atoms with Gasteiger partial charge in [0.05, 0.1) is 26.4 Å². The molecule has 40 heavy (non-hydrogen) atoms. The molecule has 13 nitrogen and oxygen atoms in total. The number of carboxylic acids is 1. The van der Waals surface area contributed by atoms with Crippen LogP contribution in [0.5, 0.6) is 0 Å². The van der Waals surface area contributed by atoms with Gasteiger partial charge in [-0.25, -0.2) is 4.79 Å². The fourth-order valence-electron chi connectivity index (χ4n) is 3.21. The second-order valence-corrected chi connectivity index (χ2v) is 10.5. The number of carbonyl (C=O) groups is 4. The van der Waals surface area contributed by atoms with Gasteiger partial charge in [0.1, 0.15) is 11.6 Å². The van der Waals surface area contributed by atoms with Gasteiger partial charge in [-0.2, -0.15) is 0 Å². The van der Waals surface area contributed by atoms with Crippen molar-refractivity contribution >= 4 is 23.9 Å². The zero-order valence-corrected chi connectivity index (χ0v) is 25.0. The minimum Gasteiger partial charge on any atom is -0.480 e. The molecule has 0 radical (unpaired) electrons. The molecule has 0 aliphatic carbocycles. The number of aliphatic carboxylic acids is 1. The smallest absolute Gasteiger partial charge is 0.407 e. The van der Waals surface area contributed by atoms with E-state index in [1.54, 1.807) is 0 Å². The van der Waals surface area contributed by atoms with Gasteiger partial charge < -0.3 is 45.3 Å². The Bertz CT molecular complexity index is 715. The number of carboxylic acid groups (broad SMARTS) is 1. The fourth-order valence-corrected chi connectivity index (χ4v) is 3.21. The third kappa shape index (κ3) is 24.6. The molecule has 0 aromatic heterocycles. The number of amides is 3. The van der Waals surface area contributed by atoms with E-state index in [0.29, 0.717) is 85.1 Å². The second-order valence-electron chi connectivity index (χ2n) is 10.5. The summed E-state index contributed by atoms with van der Waals surface area (Å²) in [6, 6.07) is -0.608. The van der Waals surface area contributed by atoms with Crippen LogP contribution in [0.2, 0.25) is 0 Å². The van der Waals surface area contributed by atoms with Crippen LogP contribution < -0.4 is 21.3 Å². The van der Waals surface area contributed by atoms with E-state index in [9.17, 15) is 19.2 Å². The Labute approximate surface area is 238 Å². The van der Waals surface area contributed by atoms with Gasteiger partial charge in [0.2, 0.25) is 11.8 Å². The molecule has 1 atom stereocenters. The van der Waals surface area contributed by atoms with Crippen LogP contribution >= 0.6 is 0 Å². The SMILES string of the molecule is CC(C)[C@H](NCCCNC(=O)CCC(=O)NCCCOCCOCCOCCCNC(=O)OC(C)(C)C)C(=O)O. The molecule has 0 aliphatic rings. The quantitative estimate of drug-likeness (QED) is 0.106.